The molecule has 1 aliphatic rings. The molecule has 0 aliphatic heterocycles. The van der Waals surface area contributed by atoms with Crippen LogP contribution in [0.5, 0.6) is 0 Å². The molecule has 0 aromatic carbocycles. The molecule has 0 heterocycles. The van der Waals surface area contributed by atoms with Gasteiger partial charge >= 0.3 is 6.03 Å². The molecule has 0 bridgehead atoms. The number of carbonyl (C=O) groups excluding carboxylic acids is 2. The van der Waals surface area contributed by atoms with Crippen LogP contribution in [0, 0.1) is 0 Å². The second-order valence-electron chi connectivity index (χ2n) is 4.48. The molecule has 2 amide bonds. The molecule has 0 radical (unpaired) electrons. The minimum atomic E-state index is -0.0376. The number of nitrogens with zero attached hydrogens (tertiary/aromatic N) is 1. The number of nitrogens with one attached hydrogen (secondary N) is 1. The predicted octanol–water partition coefficient (Wildman–Crippen LogP) is 1.55. The summed E-state index contributed by atoms with van der Waals surface area (Å²) in [6.07, 6.45) is 2.84. The minimum absolute atomic E-state index is 0.0376. The molecular formula is C11H20N2O2. The van der Waals surface area contributed by atoms with Crippen LogP contribution in [0.15, 0.2) is 0 Å². The highest BCUT2D eigenvalue weighted by Gasteiger charge is 2.25. The summed E-state index contributed by atoms with van der Waals surface area (Å²) in [5, 5.41) is 2.85. The molecule has 15 heavy (non-hydrogen) atoms. The SMILES string of the molecule is CC(C)NC(=O)N(C)C1CCC(=O)CC1. The van der Waals surface area contributed by atoms with Gasteiger partial charge in [-0.05, 0) is 26.7 Å². The van der Waals surface area contributed by atoms with E-state index in [4.69, 9.17) is 0 Å². The van der Waals surface area contributed by atoms with Crippen molar-refractivity contribution in [3.63, 3.8) is 0 Å². The first-order valence-corrected chi connectivity index (χ1v) is 5.55. The molecule has 0 spiro atoms. The van der Waals surface area contributed by atoms with Crippen molar-refractivity contribution >= 4 is 11.8 Å². The second kappa shape index (κ2) is 5.14. The lowest BCUT2D eigenvalue weighted by Gasteiger charge is -2.31. The quantitative estimate of drug-likeness (QED) is 0.755. The number of ketones is 1. The monoisotopic (exact) mass is 212 g/mol. The first kappa shape index (κ1) is 12.0. The standard InChI is InChI=1S/C11H20N2O2/c1-8(2)12-11(15)13(3)9-4-6-10(14)7-5-9/h8-9H,4-7H2,1-3H3,(H,12,15). The number of carbonyl (C=O) groups is 2. The lowest BCUT2D eigenvalue weighted by Crippen LogP contribution is -2.47. The summed E-state index contributed by atoms with van der Waals surface area (Å²) in [5.41, 5.74) is 0. The Morgan fingerprint density at radius 3 is 2.40 bits per heavy atom. The average Bonchev–Trinajstić information content (AvgIpc) is 2.17. The number of amides is 2. The lowest BCUT2D eigenvalue weighted by molar-refractivity contribution is -0.121. The molecule has 0 saturated heterocycles. The third kappa shape index (κ3) is 3.53. The molecule has 1 rings (SSSR count). The van der Waals surface area contributed by atoms with Gasteiger partial charge in [0.2, 0.25) is 0 Å². The summed E-state index contributed by atoms with van der Waals surface area (Å²) >= 11 is 0. The number of rotatable bonds is 2. The van der Waals surface area contributed by atoms with Gasteiger partial charge in [-0.3, -0.25) is 4.79 Å². The van der Waals surface area contributed by atoms with E-state index in [1.54, 1.807) is 11.9 Å². The maximum Gasteiger partial charge on any atom is 0.317 e. The number of urea groups is 1. The van der Waals surface area contributed by atoms with E-state index in [0.717, 1.165) is 12.8 Å². The van der Waals surface area contributed by atoms with Crippen LogP contribution < -0.4 is 5.32 Å². The van der Waals surface area contributed by atoms with Crippen molar-refractivity contribution < 1.29 is 9.59 Å². The van der Waals surface area contributed by atoms with Crippen LogP contribution in [0.1, 0.15) is 39.5 Å². The van der Waals surface area contributed by atoms with Gasteiger partial charge in [-0.25, -0.2) is 4.79 Å². The van der Waals surface area contributed by atoms with Crippen LogP contribution in [0.4, 0.5) is 4.79 Å². The molecule has 86 valence electrons. The van der Waals surface area contributed by atoms with E-state index >= 15 is 0 Å². The van der Waals surface area contributed by atoms with Gasteiger partial charge in [-0.2, -0.15) is 0 Å². The maximum atomic E-state index is 11.7. The Kier molecular flexibility index (Phi) is 4.12. The molecule has 0 aromatic rings. The number of Topliss-reactive ketones (excluding diaryl/α,β-unsaturated/α-hetero) is 1. The Morgan fingerprint density at radius 1 is 1.40 bits per heavy atom. The Bertz CT molecular complexity index is 241. The highest BCUT2D eigenvalue weighted by atomic mass is 16.2. The van der Waals surface area contributed by atoms with Gasteiger partial charge in [0.1, 0.15) is 5.78 Å². The Hall–Kier alpha value is -1.06. The van der Waals surface area contributed by atoms with Gasteiger partial charge in [0.25, 0.3) is 0 Å². The third-order valence-electron chi connectivity index (χ3n) is 2.79. The Labute approximate surface area is 91.0 Å². The lowest BCUT2D eigenvalue weighted by atomic mass is 9.93. The van der Waals surface area contributed by atoms with Crippen molar-refractivity contribution in [2.45, 2.75) is 51.6 Å². The molecule has 1 N–H and O–H groups in total. The fraction of sp³-hybridized carbons (Fsp3) is 0.818. The third-order valence-corrected chi connectivity index (χ3v) is 2.79. The van der Waals surface area contributed by atoms with E-state index in [1.807, 2.05) is 13.8 Å². The van der Waals surface area contributed by atoms with Crippen LogP contribution in [0.25, 0.3) is 0 Å². The number of hydrogen-bond acceptors (Lipinski definition) is 2. The zero-order valence-corrected chi connectivity index (χ0v) is 9.75. The molecule has 4 heteroatoms. The molecule has 1 fully saturated rings. The molecule has 4 nitrogen and oxygen atoms in total. The molecule has 0 atom stereocenters. The first-order chi connectivity index (χ1) is 7.00. The summed E-state index contributed by atoms with van der Waals surface area (Å²) in [4.78, 5) is 24.5. The van der Waals surface area contributed by atoms with Gasteiger partial charge in [0.15, 0.2) is 0 Å². The van der Waals surface area contributed by atoms with Gasteiger partial charge in [0, 0.05) is 32.0 Å². The zero-order chi connectivity index (χ0) is 11.4. The first-order valence-electron chi connectivity index (χ1n) is 5.55. The van der Waals surface area contributed by atoms with Crippen molar-refractivity contribution in [3.8, 4) is 0 Å². The molecule has 0 aromatic heterocycles. The van der Waals surface area contributed by atoms with E-state index in [0.29, 0.717) is 18.6 Å². The van der Waals surface area contributed by atoms with Crippen molar-refractivity contribution in [2.24, 2.45) is 0 Å². The van der Waals surface area contributed by atoms with E-state index in [9.17, 15) is 9.59 Å². The predicted molar refractivity (Wildman–Crippen MR) is 58.7 cm³/mol. The molecule has 0 unspecified atom stereocenters. The van der Waals surface area contributed by atoms with Crippen LogP contribution in [0.2, 0.25) is 0 Å². The summed E-state index contributed by atoms with van der Waals surface area (Å²) in [6.45, 7) is 3.88. The largest absolute Gasteiger partial charge is 0.336 e. The second-order valence-corrected chi connectivity index (χ2v) is 4.48. The molecule has 1 aliphatic carbocycles. The summed E-state index contributed by atoms with van der Waals surface area (Å²) in [7, 11) is 1.80. The van der Waals surface area contributed by atoms with Crippen LogP contribution in [0.3, 0.4) is 0 Å². The van der Waals surface area contributed by atoms with Crippen LogP contribution in [-0.4, -0.2) is 35.8 Å². The van der Waals surface area contributed by atoms with Crippen molar-refractivity contribution in [2.75, 3.05) is 7.05 Å². The van der Waals surface area contributed by atoms with E-state index in [-0.39, 0.29) is 18.1 Å². The summed E-state index contributed by atoms with van der Waals surface area (Å²) in [5.74, 6) is 0.323. The van der Waals surface area contributed by atoms with Gasteiger partial charge < -0.3 is 10.2 Å². The van der Waals surface area contributed by atoms with Gasteiger partial charge in [-0.15, -0.1) is 0 Å². The molecule has 1 saturated carbocycles. The van der Waals surface area contributed by atoms with Crippen molar-refractivity contribution in [1.29, 1.82) is 0 Å². The average molecular weight is 212 g/mol. The smallest absolute Gasteiger partial charge is 0.317 e. The highest BCUT2D eigenvalue weighted by Crippen LogP contribution is 2.19. The summed E-state index contributed by atoms with van der Waals surface area (Å²) in [6, 6.07) is 0.343. The number of hydrogen-bond donors (Lipinski definition) is 1. The van der Waals surface area contributed by atoms with Crippen LogP contribution >= 0.6 is 0 Å². The van der Waals surface area contributed by atoms with E-state index in [2.05, 4.69) is 5.32 Å². The maximum absolute atomic E-state index is 11.7. The minimum Gasteiger partial charge on any atom is -0.336 e. The topological polar surface area (TPSA) is 49.4 Å². The van der Waals surface area contributed by atoms with Gasteiger partial charge in [0.05, 0.1) is 0 Å². The van der Waals surface area contributed by atoms with Crippen molar-refractivity contribution in [1.82, 2.24) is 10.2 Å². The molecular weight excluding hydrogens is 192 g/mol. The van der Waals surface area contributed by atoms with E-state index < -0.39 is 0 Å². The van der Waals surface area contributed by atoms with E-state index in [1.165, 1.54) is 0 Å². The fourth-order valence-electron chi connectivity index (χ4n) is 1.83. The normalized spacial score (nSPS) is 18.0. The van der Waals surface area contributed by atoms with Crippen molar-refractivity contribution in [3.05, 3.63) is 0 Å². The fourth-order valence-corrected chi connectivity index (χ4v) is 1.83. The Morgan fingerprint density at radius 2 is 1.93 bits per heavy atom. The highest BCUT2D eigenvalue weighted by molar-refractivity contribution is 5.80. The zero-order valence-electron chi connectivity index (χ0n) is 9.75. The summed E-state index contributed by atoms with van der Waals surface area (Å²) < 4.78 is 0. The van der Waals surface area contributed by atoms with Gasteiger partial charge in [-0.1, -0.05) is 0 Å². The van der Waals surface area contributed by atoms with Crippen LogP contribution in [-0.2, 0) is 4.79 Å². The Balaban J connectivity index is 2.42.